The second kappa shape index (κ2) is 6.71. The Balaban J connectivity index is 1.58. The zero-order valence-corrected chi connectivity index (χ0v) is 13.3. The highest BCUT2D eigenvalue weighted by atomic mass is 35.5. The van der Waals surface area contributed by atoms with Gasteiger partial charge in [0.15, 0.2) is 0 Å². The molecular weight excluding hydrogens is 314 g/mol. The van der Waals surface area contributed by atoms with Crippen LogP contribution in [-0.2, 0) is 11.3 Å². The molecule has 1 amide bonds. The number of carbonyl (C=O) groups is 1. The number of hydrogen-bond acceptors (Lipinski definition) is 4. The SMILES string of the molecule is N#Cc1nccn1CC(=O)N1CCN(c2cccc(Cl)c2)CC1. The Labute approximate surface area is 139 Å². The summed E-state index contributed by atoms with van der Waals surface area (Å²) in [6.07, 6.45) is 3.18. The molecule has 0 bridgehead atoms. The highest BCUT2D eigenvalue weighted by Crippen LogP contribution is 2.20. The third kappa shape index (κ3) is 3.46. The third-order valence-corrected chi connectivity index (χ3v) is 4.16. The van der Waals surface area contributed by atoms with Crippen molar-refractivity contribution in [2.45, 2.75) is 6.54 Å². The zero-order chi connectivity index (χ0) is 16.2. The lowest BCUT2D eigenvalue weighted by Gasteiger charge is -2.36. The van der Waals surface area contributed by atoms with Crippen LogP contribution in [0.1, 0.15) is 5.82 Å². The summed E-state index contributed by atoms with van der Waals surface area (Å²) in [6, 6.07) is 9.71. The lowest BCUT2D eigenvalue weighted by Crippen LogP contribution is -2.49. The first-order chi connectivity index (χ1) is 11.2. The van der Waals surface area contributed by atoms with E-state index in [1.165, 1.54) is 6.20 Å². The number of benzene rings is 1. The largest absolute Gasteiger partial charge is 0.368 e. The van der Waals surface area contributed by atoms with E-state index in [0.717, 1.165) is 18.8 Å². The van der Waals surface area contributed by atoms with Crippen LogP contribution in [0.25, 0.3) is 0 Å². The summed E-state index contributed by atoms with van der Waals surface area (Å²) in [4.78, 5) is 20.3. The van der Waals surface area contributed by atoms with Gasteiger partial charge in [0.25, 0.3) is 0 Å². The van der Waals surface area contributed by atoms with Gasteiger partial charge in [-0.25, -0.2) is 4.98 Å². The number of aromatic nitrogens is 2. The predicted molar refractivity (Wildman–Crippen MR) is 87.2 cm³/mol. The summed E-state index contributed by atoms with van der Waals surface area (Å²) in [7, 11) is 0. The summed E-state index contributed by atoms with van der Waals surface area (Å²) < 4.78 is 1.58. The second-order valence-electron chi connectivity index (χ2n) is 5.34. The molecule has 2 aromatic rings. The smallest absolute Gasteiger partial charge is 0.242 e. The van der Waals surface area contributed by atoms with Crippen LogP contribution < -0.4 is 4.90 Å². The number of rotatable bonds is 3. The first-order valence-electron chi connectivity index (χ1n) is 7.37. The van der Waals surface area contributed by atoms with Gasteiger partial charge in [0.1, 0.15) is 12.6 Å². The molecule has 0 unspecified atom stereocenters. The number of nitrogens with zero attached hydrogens (tertiary/aromatic N) is 5. The maximum absolute atomic E-state index is 12.4. The van der Waals surface area contributed by atoms with Crippen LogP contribution >= 0.6 is 11.6 Å². The molecule has 1 aliphatic rings. The van der Waals surface area contributed by atoms with Crippen LogP contribution in [0, 0.1) is 11.3 Å². The quantitative estimate of drug-likeness (QED) is 0.860. The van der Waals surface area contributed by atoms with Gasteiger partial charge in [0, 0.05) is 49.3 Å². The molecule has 1 aromatic heterocycles. The molecule has 6 nitrogen and oxygen atoms in total. The first-order valence-corrected chi connectivity index (χ1v) is 7.74. The van der Waals surface area contributed by atoms with E-state index in [1.54, 1.807) is 10.8 Å². The van der Waals surface area contributed by atoms with Crippen LogP contribution in [0.15, 0.2) is 36.7 Å². The van der Waals surface area contributed by atoms with E-state index in [-0.39, 0.29) is 18.3 Å². The van der Waals surface area contributed by atoms with Gasteiger partial charge in [-0.2, -0.15) is 5.26 Å². The van der Waals surface area contributed by atoms with Crippen LogP contribution in [0.4, 0.5) is 5.69 Å². The lowest BCUT2D eigenvalue weighted by atomic mass is 10.2. The summed E-state index contributed by atoms with van der Waals surface area (Å²) in [5.74, 6) is 0.265. The van der Waals surface area contributed by atoms with Gasteiger partial charge in [0.2, 0.25) is 11.7 Å². The van der Waals surface area contributed by atoms with E-state index in [1.807, 2.05) is 35.2 Å². The van der Waals surface area contributed by atoms with Crippen molar-refractivity contribution < 1.29 is 4.79 Å². The highest BCUT2D eigenvalue weighted by Gasteiger charge is 2.22. The Morgan fingerprint density at radius 2 is 2.09 bits per heavy atom. The second-order valence-corrected chi connectivity index (χ2v) is 5.77. The predicted octanol–water partition coefficient (Wildman–Crippen LogP) is 1.76. The standard InChI is InChI=1S/C16H16ClN5O/c17-13-2-1-3-14(10-13)20-6-8-21(9-7-20)16(23)12-22-5-4-19-15(22)11-18/h1-5,10H,6-9,12H2. The van der Waals surface area contributed by atoms with Crippen LogP contribution in [0.2, 0.25) is 5.02 Å². The fourth-order valence-corrected chi connectivity index (χ4v) is 2.87. The number of nitriles is 1. The summed E-state index contributed by atoms with van der Waals surface area (Å²) in [6.45, 7) is 2.99. The average Bonchev–Trinajstić information content (AvgIpc) is 3.02. The number of hydrogen-bond donors (Lipinski definition) is 0. The van der Waals surface area contributed by atoms with E-state index in [0.29, 0.717) is 18.1 Å². The highest BCUT2D eigenvalue weighted by molar-refractivity contribution is 6.30. The Morgan fingerprint density at radius 3 is 2.78 bits per heavy atom. The molecule has 7 heteroatoms. The molecule has 0 saturated carbocycles. The van der Waals surface area contributed by atoms with Crippen molar-refractivity contribution in [3.8, 4) is 6.07 Å². The van der Waals surface area contributed by atoms with E-state index >= 15 is 0 Å². The topological polar surface area (TPSA) is 65.2 Å². The van der Waals surface area contributed by atoms with Crippen molar-refractivity contribution in [1.29, 1.82) is 5.26 Å². The molecule has 1 saturated heterocycles. The molecule has 0 atom stereocenters. The van der Waals surface area contributed by atoms with Crippen molar-refractivity contribution in [2.75, 3.05) is 31.1 Å². The number of amides is 1. The Kier molecular flexibility index (Phi) is 4.49. The molecule has 2 heterocycles. The van der Waals surface area contributed by atoms with E-state index in [4.69, 9.17) is 16.9 Å². The summed E-state index contributed by atoms with van der Waals surface area (Å²) in [5.41, 5.74) is 1.07. The minimum absolute atomic E-state index is 0.00486. The summed E-state index contributed by atoms with van der Waals surface area (Å²) >= 11 is 6.03. The fourth-order valence-electron chi connectivity index (χ4n) is 2.68. The minimum Gasteiger partial charge on any atom is -0.368 e. The van der Waals surface area contributed by atoms with Crippen molar-refractivity contribution >= 4 is 23.2 Å². The van der Waals surface area contributed by atoms with Crippen LogP contribution in [0.3, 0.4) is 0 Å². The fraction of sp³-hybridized carbons (Fsp3) is 0.312. The molecule has 0 N–H and O–H groups in total. The Bertz CT molecular complexity index is 743. The van der Waals surface area contributed by atoms with Crippen LogP contribution in [0.5, 0.6) is 0 Å². The molecule has 0 aliphatic carbocycles. The van der Waals surface area contributed by atoms with Crippen molar-refractivity contribution in [2.24, 2.45) is 0 Å². The van der Waals surface area contributed by atoms with Crippen molar-refractivity contribution in [3.63, 3.8) is 0 Å². The van der Waals surface area contributed by atoms with Gasteiger partial charge in [0.05, 0.1) is 0 Å². The maximum Gasteiger partial charge on any atom is 0.242 e. The van der Waals surface area contributed by atoms with Crippen LogP contribution in [-0.4, -0.2) is 46.5 Å². The van der Waals surface area contributed by atoms with Gasteiger partial charge in [-0.15, -0.1) is 0 Å². The average molecular weight is 330 g/mol. The number of imidazole rings is 1. The first kappa shape index (κ1) is 15.4. The third-order valence-electron chi connectivity index (χ3n) is 3.93. The van der Waals surface area contributed by atoms with Crippen molar-refractivity contribution in [1.82, 2.24) is 14.5 Å². The van der Waals surface area contributed by atoms with Gasteiger partial charge < -0.3 is 14.4 Å². The van der Waals surface area contributed by atoms with E-state index in [9.17, 15) is 4.79 Å². The molecule has 1 aromatic carbocycles. The van der Waals surface area contributed by atoms with Crippen molar-refractivity contribution in [3.05, 3.63) is 47.5 Å². The van der Waals surface area contributed by atoms with E-state index < -0.39 is 0 Å². The molecule has 0 radical (unpaired) electrons. The maximum atomic E-state index is 12.4. The van der Waals surface area contributed by atoms with Gasteiger partial charge >= 0.3 is 0 Å². The number of carbonyl (C=O) groups excluding carboxylic acids is 1. The molecule has 23 heavy (non-hydrogen) atoms. The Morgan fingerprint density at radius 1 is 1.30 bits per heavy atom. The molecular formula is C16H16ClN5O. The number of anilines is 1. The minimum atomic E-state index is 0.00486. The summed E-state index contributed by atoms with van der Waals surface area (Å²) in [5, 5.41) is 9.65. The molecule has 1 aliphatic heterocycles. The van der Waals surface area contributed by atoms with Gasteiger partial charge in [-0.3, -0.25) is 4.79 Å². The number of halogens is 1. The van der Waals surface area contributed by atoms with Gasteiger partial charge in [-0.05, 0) is 18.2 Å². The van der Waals surface area contributed by atoms with E-state index in [2.05, 4.69) is 9.88 Å². The van der Waals surface area contributed by atoms with Gasteiger partial charge in [-0.1, -0.05) is 17.7 Å². The molecule has 3 rings (SSSR count). The zero-order valence-electron chi connectivity index (χ0n) is 12.5. The monoisotopic (exact) mass is 329 g/mol. The molecule has 1 fully saturated rings. The molecule has 118 valence electrons. The lowest BCUT2D eigenvalue weighted by molar-refractivity contribution is -0.132. The number of piperazine rings is 1. The molecule has 0 spiro atoms. The normalized spacial score (nSPS) is 14.6. The Hall–Kier alpha value is -2.52.